The lowest BCUT2D eigenvalue weighted by Gasteiger charge is -2.13. The minimum absolute atomic E-state index is 0.116. The van der Waals surface area contributed by atoms with Gasteiger partial charge < -0.3 is 15.4 Å². The quantitative estimate of drug-likeness (QED) is 0.750. The van der Waals surface area contributed by atoms with Gasteiger partial charge in [0.2, 0.25) is 5.91 Å². The van der Waals surface area contributed by atoms with Gasteiger partial charge in [0, 0.05) is 10.9 Å². The maximum atomic E-state index is 12.3. The minimum atomic E-state index is -0.322. The van der Waals surface area contributed by atoms with E-state index in [2.05, 4.69) is 17.6 Å². The molecule has 0 saturated carbocycles. The Bertz CT molecular complexity index is 568. The molecule has 1 amide bonds. The molecule has 2 N–H and O–H groups in total. The van der Waals surface area contributed by atoms with Crippen molar-refractivity contribution in [3.05, 3.63) is 16.0 Å². The van der Waals surface area contributed by atoms with Crippen molar-refractivity contribution < 1.29 is 14.3 Å². The molecule has 0 aromatic carbocycles. The number of anilines is 1. The molecule has 2 rings (SSSR count). The Morgan fingerprint density at radius 2 is 2.00 bits per heavy atom. The SMILES string of the molecule is CCOC(=O)c1c(NC(=O)CN[C@@H](C)CC)sc2c1CCCC2. The van der Waals surface area contributed by atoms with E-state index in [4.69, 9.17) is 4.74 Å². The van der Waals surface area contributed by atoms with Crippen molar-refractivity contribution in [2.75, 3.05) is 18.5 Å². The fourth-order valence-electron chi connectivity index (χ4n) is 2.66. The summed E-state index contributed by atoms with van der Waals surface area (Å²) in [6.45, 7) is 6.50. The van der Waals surface area contributed by atoms with E-state index in [1.807, 2.05) is 6.92 Å². The first-order chi connectivity index (χ1) is 11.1. The summed E-state index contributed by atoms with van der Waals surface area (Å²) in [6, 6.07) is 0.293. The Hall–Kier alpha value is -1.40. The lowest BCUT2D eigenvalue weighted by atomic mass is 9.95. The van der Waals surface area contributed by atoms with Crippen molar-refractivity contribution in [2.24, 2.45) is 0 Å². The first-order valence-corrected chi connectivity index (χ1v) is 9.23. The average molecular weight is 338 g/mol. The second-order valence-electron chi connectivity index (χ2n) is 5.87. The number of esters is 1. The largest absolute Gasteiger partial charge is 0.462 e. The standard InChI is InChI=1S/C17H26N2O3S/c1-4-11(3)18-10-14(20)19-16-15(17(21)22-5-2)12-8-6-7-9-13(12)23-16/h11,18H,4-10H2,1-3H3,(H,19,20)/t11-/m0/s1. The maximum absolute atomic E-state index is 12.3. The summed E-state index contributed by atoms with van der Waals surface area (Å²) in [5, 5.41) is 6.71. The van der Waals surface area contributed by atoms with Gasteiger partial charge in [0.25, 0.3) is 0 Å². The summed E-state index contributed by atoms with van der Waals surface area (Å²) in [7, 11) is 0. The maximum Gasteiger partial charge on any atom is 0.341 e. The second-order valence-corrected chi connectivity index (χ2v) is 6.98. The number of fused-ring (bicyclic) bond motifs is 1. The lowest BCUT2D eigenvalue weighted by molar-refractivity contribution is -0.115. The van der Waals surface area contributed by atoms with E-state index < -0.39 is 0 Å². The number of hydrogen-bond donors (Lipinski definition) is 2. The number of carbonyl (C=O) groups excluding carboxylic acids is 2. The summed E-state index contributed by atoms with van der Waals surface area (Å²) in [5.41, 5.74) is 1.65. The van der Waals surface area contributed by atoms with Crippen molar-refractivity contribution in [1.82, 2.24) is 5.32 Å². The van der Waals surface area contributed by atoms with Crippen molar-refractivity contribution >= 4 is 28.2 Å². The van der Waals surface area contributed by atoms with Gasteiger partial charge in [0.15, 0.2) is 0 Å². The van der Waals surface area contributed by atoms with Crippen molar-refractivity contribution in [1.29, 1.82) is 0 Å². The molecule has 1 aliphatic carbocycles. The molecule has 1 aromatic heterocycles. The number of carbonyl (C=O) groups is 2. The van der Waals surface area contributed by atoms with Gasteiger partial charge in [-0.1, -0.05) is 6.92 Å². The molecule has 0 fully saturated rings. The zero-order chi connectivity index (χ0) is 16.8. The summed E-state index contributed by atoms with van der Waals surface area (Å²) in [5.74, 6) is -0.438. The van der Waals surface area contributed by atoms with Crippen LogP contribution in [0.1, 0.15) is 60.8 Å². The van der Waals surface area contributed by atoms with E-state index in [0.29, 0.717) is 23.2 Å². The van der Waals surface area contributed by atoms with Gasteiger partial charge in [0.05, 0.1) is 18.7 Å². The first-order valence-electron chi connectivity index (χ1n) is 8.41. The van der Waals surface area contributed by atoms with Gasteiger partial charge in [-0.15, -0.1) is 11.3 Å². The van der Waals surface area contributed by atoms with E-state index in [1.165, 1.54) is 16.2 Å². The van der Waals surface area contributed by atoms with Crippen LogP contribution in [-0.4, -0.2) is 31.1 Å². The van der Waals surface area contributed by atoms with E-state index in [0.717, 1.165) is 37.7 Å². The summed E-state index contributed by atoms with van der Waals surface area (Å²) in [4.78, 5) is 25.7. The van der Waals surface area contributed by atoms with Crippen molar-refractivity contribution in [2.45, 2.75) is 58.9 Å². The van der Waals surface area contributed by atoms with Crippen LogP contribution in [0.5, 0.6) is 0 Å². The predicted octanol–water partition coefficient (Wildman–Crippen LogP) is 3.13. The molecule has 1 aromatic rings. The molecule has 0 aliphatic heterocycles. The predicted molar refractivity (Wildman–Crippen MR) is 93.3 cm³/mol. The number of thiophene rings is 1. The van der Waals surface area contributed by atoms with Crippen LogP contribution in [0.2, 0.25) is 0 Å². The molecule has 23 heavy (non-hydrogen) atoms. The van der Waals surface area contributed by atoms with Gasteiger partial charge in [-0.05, 0) is 51.5 Å². The molecule has 0 bridgehead atoms. The van der Waals surface area contributed by atoms with Crippen LogP contribution in [0, 0.1) is 0 Å². The zero-order valence-corrected chi connectivity index (χ0v) is 15.0. The highest BCUT2D eigenvalue weighted by Crippen LogP contribution is 2.38. The Labute approximate surface area is 141 Å². The van der Waals surface area contributed by atoms with E-state index in [1.54, 1.807) is 6.92 Å². The Morgan fingerprint density at radius 3 is 2.70 bits per heavy atom. The number of rotatable bonds is 7. The summed E-state index contributed by atoms with van der Waals surface area (Å²) < 4.78 is 5.19. The fraction of sp³-hybridized carbons (Fsp3) is 0.647. The number of nitrogens with one attached hydrogen (secondary N) is 2. The molecule has 1 aliphatic rings. The monoisotopic (exact) mass is 338 g/mol. The molecular weight excluding hydrogens is 312 g/mol. The first kappa shape index (κ1) is 17.9. The van der Waals surface area contributed by atoms with Crippen LogP contribution in [-0.2, 0) is 22.4 Å². The second kappa shape index (κ2) is 8.45. The molecule has 0 spiro atoms. The Morgan fingerprint density at radius 1 is 1.26 bits per heavy atom. The highest BCUT2D eigenvalue weighted by molar-refractivity contribution is 7.17. The third-order valence-electron chi connectivity index (χ3n) is 4.13. The molecule has 5 nitrogen and oxygen atoms in total. The topological polar surface area (TPSA) is 67.4 Å². The lowest BCUT2D eigenvalue weighted by Crippen LogP contribution is -2.34. The van der Waals surface area contributed by atoms with Crippen LogP contribution in [0.25, 0.3) is 0 Å². The van der Waals surface area contributed by atoms with Crippen molar-refractivity contribution in [3.8, 4) is 0 Å². The van der Waals surface area contributed by atoms with Gasteiger partial charge in [0.1, 0.15) is 5.00 Å². The van der Waals surface area contributed by atoms with Gasteiger partial charge >= 0.3 is 5.97 Å². The van der Waals surface area contributed by atoms with Gasteiger partial charge in [-0.2, -0.15) is 0 Å². The molecule has 6 heteroatoms. The molecule has 128 valence electrons. The highest BCUT2D eigenvalue weighted by atomic mass is 32.1. The minimum Gasteiger partial charge on any atom is -0.462 e. The Kier molecular flexibility index (Phi) is 6.59. The third kappa shape index (κ3) is 4.54. The molecule has 0 saturated heterocycles. The number of hydrogen-bond acceptors (Lipinski definition) is 5. The molecule has 0 unspecified atom stereocenters. The number of aryl methyl sites for hydroxylation is 1. The highest BCUT2D eigenvalue weighted by Gasteiger charge is 2.27. The summed E-state index contributed by atoms with van der Waals surface area (Å²) in [6.07, 6.45) is 5.06. The number of ether oxygens (including phenoxy) is 1. The van der Waals surface area contributed by atoms with Gasteiger partial charge in [-0.3, -0.25) is 4.79 Å². The molecular formula is C17H26N2O3S. The normalized spacial score (nSPS) is 14.9. The van der Waals surface area contributed by atoms with Crippen LogP contribution >= 0.6 is 11.3 Å². The third-order valence-corrected chi connectivity index (χ3v) is 5.33. The van der Waals surface area contributed by atoms with Crippen LogP contribution in [0.3, 0.4) is 0 Å². The van der Waals surface area contributed by atoms with E-state index >= 15 is 0 Å². The smallest absolute Gasteiger partial charge is 0.341 e. The van der Waals surface area contributed by atoms with Crippen LogP contribution < -0.4 is 10.6 Å². The van der Waals surface area contributed by atoms with E-state index in [-0.39, 0.29) is 18.4 Å². The molecule has 0 radical (unpaired) electrons. The van der Waals surface area contributed by atoms with E-state index in [9.17, 15) is 9.59 Å². The average Bonchev–Trinajstić information content (AvgIpc) is 2.90. The fourth-order valence-corrected chi connectivity index (χ4v) is 3.95. The zero-order valence-electron chi connectivity index (χ0n) is 14.2. The van der Waals surface area contributed by atoms with Gasteiger partial charge in [-0.25, -0.2) is 4.79 Å². The van der Waals surface area contributed by atoms with Crippen molar-refractivity contribution in [3.63, 3.8) is 0 Å². The van der Waals surface area contributed by atoms with Crippen LogP contribution in [0.15, 0.2) is 0 Å². The summed E-state index contributed by atoms with van der Waals surface area (Å²) >= 11 is 1.52. The Balaban J connectivity index is 2.15. The molecule has 1 heterocycles. The molecule has 1 atom stereocenters. The van der Waals surface area contributed by atoms with Crippen LogP contribution in [0.4, 0.5) is 5.00 Å². The number of amides is 1.